The third kappa shape index (κ3) is 4.73. The molecular formula is C24H31N3O2. The number of hydrogen-bond acceptors (Lipinski definition) is 4. The minimum atomic E-state index is 0.116. The van der Waals surface area contributed by atoms with Gasteiger partial charge in [-0.25, -0.2) is 0 Å². The second-order valence-corrected chi connectivity index (χ2v) is 7.87. The molecule has 0 spiro atoms. The predicted molar refractivity (Wildman–Crippen MR) is 117 cm³/mol. The van der Waals surface area contributed by atoms with E-state index >= 15 is 0 Å². The van der Waals surface area contributed by atoms with Crippen LogP contribution in [0, 0.1) is 0 Å². The molecule has 0 aliphatic carbocycles. The first-order chi connectivity index (χ1) is 14.2. The fourth-order valence-corrected chi connectivity index (χ4v) is 4.49. The highest BCUT2D eigenvalue weighted by Crippen LogP contribution is 2.24. The lowest BCUT2D eigenvalue weighted by Crippen LogP contribution is -2.41. The predicted octanol–water partition coefficient (Wildman–Crippen LogP) is 3.51. The molecule has 0 radical (unpaired) electrons. The van der Waals surface area contributed by atoms with Gasteiger partial charge in [-0.2, -0.15) is 0 Å². The molecule has 0 saturated carbocycles. The topological polar surface area (TPSA) is 36.0 Å². The molecule has 154 valence electrons. The number of carbonyl (C=O) groups excluding carboxylic acids is 1. The summed E-state index contributed by atoms with van der Waals surface area (Å²) in [5.41, 5.74) is 2.04. The Labute approximate surface area is 173 Å². The number of benzene rings is 2. The van der Waals surface area contributed by atoms with E-state index in [1.807, 2.05) is 36.1 Å². The summed E-state index contributed by atoms with van der Waals surface area (Å²) < 4.78 is 5.56. The molecule has 2 aliphatic heterocycles. The van der Waals surface area contributed by atoms with E-state index in [1.54, 1.807) is 0 Å². The smallest absolute Gasteiger partial charge is 0.254 e. The Morgan fingerprint density at radius 1 is 1.00 bits per heavy atom. The third-order valence-electron chi connectivity index (χ3n) is 6.01. The fourth-order valence-electron chi connectivity index (χ4n) is 4.49. The lowest BCUT2D eigenvalue weighted by atomic mass is 10.2. The van der Waals surface area contributed by atoms with Crippen molar-refractivity contribution in [3.05, 3.63) is 60.2 Å². The largest absolute Gasteiger partial charge is 0.494 e. The van der Waals surface area contributed by atoms with E-state index in [2.05, 4.69) is 40.1 Å². The average molecular weight is 394 g/mol. The molecule has 2 aromatic rings. The molecule has 0 N–H and O–H groups in total. The van der Waals surface area contributed by atoms with Gasteiger partial charge in [0.25, 0.3) is 5.91 Å². The van der Waals surface area contributed by atoms with Crippen molar-refractivity contribution in [1.82, 2.24) is 9.80 Å². The number of rotatable bonds is 5. The Morgan fingerprint density at radius 3 is 2.69 bits per heavy atom. The van der Waals surface area contributed by atoms with Gasteiger partial charge in [0.2, 0.25) is 0 Å². The molecule has 29 heavy (non-hydrogen) atoms. The van der Waals surface area contributed by atoms with E-state index in [-0.39, 0.29) is 5.91 Å². The van der Waals surface area contributed by atoms with Crippen LogP contribution in [-0.2, 0) is 0 Å². The summed E-state index contributed by atoms with van der Waals surface area (Å²) in [5.74, 6) is 0.882. The van der Waals surface area contributed by atoms with Crippen molar-refractivity contribution >= 4 is 11.6 Å². The maximum Gasteiger partial charge on any atom is 0.254 e. The highest BCUT2D eigenvalue weighted by Gasteiger charge is 2.30. The lowest BCUT2D eigenvalue weighted by Gasteiger charge is -2.28. The maximum absolute atomic E-state index is 13.0. The molecule has 0 bridgehead atoms. The SMILES string of the molecule is CCOc1cccc(C(=O)N2CCCN(C3CCN(c4ccccc4)C3)CC2)c1. The molecule has 2 aliphatic rings. The van der Waals surface area contributed by atoms with Crippen molar-refractivity contribution < 1.29 is 9.53 Å². The van der Waals surface area contributed by atoms with Crippen LogP contribution in [0.2, 0.25) is 0 Å². The van der Waals surface area contributed by atoms with E-state index in [9.17, 15) is 4.79 Å². The summed E-state index contributed by atoms with van der Waals surface area (Å²) in [6.07, 6.45) is 2.22. The van der Waals surface area contributed by atoms with Gasteiger partial charge in [0, 0.05) is 56.6 Å². The van der Waals surface area contributed by atoms with Crippen molar-refractivity contribution in [2.45, 2.75) is 25.8 Å². The van der Waals surface area contributed by atoms with E-state index in [0.29, 0.717) is 12.6 Å². The molecule has 5 nitrogen and oxygen atoms in total. The van der Waals surface area contributed by atoms with Crippen LogP contribution >= 0.6 is 0 Å². The van der Waals surface area contributed by atoms with Crippen LogP contribution < -0.4 is 9.64 Å². The summed E-state index contributed by atoms with van der Waals surface area (Å²) in [7, 11) is 0. The first kappa shape index (κ1) is 19.8. The van der Waals surface area contributed by atoms with Gasteiger partial charge in [-0.05, 0) is 50.1 Å². The highest BCUT2D eigenvalue weighted by atomic mass is 16.5. The Morgan fingerprint density at radius 2 is 1.86 bits per heavy atom. The lowest BCUT2D eigenvalue weighted by molar-refractivity contribution is 0.0758. The van der Waals surface area contributed by atoms with E-state index in [1.165, 1.54) is 12.1 Å². The molecule has 4 rings (SSSR count). The monoisotopic (exact) mass is 393 g/mol. The Balaban J connectivity index is 1.35. The maximum atomic E-state index is 13.0. The molecule has 2 heterocycles. The molecule has 1 amide bonds. The minimum absolute atomic E-state index is 0.116. The van der Waals surface area contributed by atoms with Crippen molar-refractivity contribution in [2.24, 2.45) is 0 Å². The molecule has 2 fully saturated rings. The van der Waals surface area contributed by atoms with Gasteiger partial charge in [-0.15, -0.1) is 0 Å². The third-order valence-corrected chi connectivity index (χ3v) is 6.01. The Hall–Kier alpha value is -2.53. The van der Waals surface area contributed by atoms with Crippen LogP contribution in [0.25, 0.3) is 0 Å². The quantitative estimate of drug-likeness (QED) is 0.779. The molecule has 0 aromatic heterocycles. The molecule has 1 unspecified atom stereocenters. The van der Waals surface area contributed by atoms with Gasteiger partial charge in [-0.1, -0.05) is 24.3 Å². The zero-order valence-corrected chi connectivity index (χ0v) is 17.3. The number of ether oxygens (including phenoxy) is 1. The van der Waals surface area contributed by atoms with Crippen LogP contribution in [0.5, 0.6) is 5.75 Å². The van der Waals surface area contributed by atoms with Crippen molar-refractivity contribution in [2.75, 3.05) is 50.8 Å². The zero-order valence-electron chi connectivity index (χ0n) is 17.3. The highest BCUT2D eigenvalue weighted by molar-refractivity contribution is 5.94. The Bertz CT molecular complexity index is 811. The number of anilines is 1. The summed E-state index contributed by atoms with van der Waals surface area (Å²) in [6, 6.07) is 18.8. The van der Waals surface area contributed by atoms with Crippen molar-refractivity contribution in [3.63, 3.8) is 0 Å². The van der Waals surface area contributed by atoms with Crippen LogP contribution in [0.4, 0.5) is 5.69 Å². The minimum Gasteiger partial charge on any atom is -0.494 e. The second kappa shape index (κ2) is 9.31. The standard InChI is InChI=1S/C24H31N3O2/c1-2-29-23-11-6-8-20(18-23)24(28)26-14-7-13-25(16-17-26)22-12-15-27(19-22)21-9-4-3-5-10-21/h3-6,8-11,18,22H,2,7,12-17,19H2,1H3. The van der Waals surface area contributed by atoms with Gasteiger partial charge < -0.3 is 14.5 Å². The number of carbonyl (C=O) groups is 1. The molecule has 2 aromatic carbocycles. The normalized spacial score (nSPS) is 20.5. The van der Waals surface area contributed by atoms with Gasteiger partial charge >= 0.3 is 0 Å². The van der Waals surface area contributed by atoms with Gasteiger partial charge in [0.1, 0.15) is 5.75 Å². The first-order valence-corrected chi connectivity index (χ1v) is 10.8. The second-order valence-electron chi connectivity index (χ2n) is 7.87. The summed E-state index contributed by atoms with van der Waals surface area (Å²) in [5, 5.41) is 0. The van der Waals surface area contributed by atoms with Crippen LogP contribution in [0.1, 0.15) is 30.1 Å². The Kier molecular flexibility index (Phi) is 6.35. The van der Waals surface area contributed by atoms with Crippen molar-refractivity contribution in [1.29, 1.82) is 0 Å². The summed E-state index contributed by atoms with van der Waals surface area (Å²) in [4.78, 5) is 20.1. The molecule has 2 saturated heterocycles. The molecule has 1 atom stereocenters. The summed E-state index contributed by atoms with van der Waals surface area (Å²) in [6.45, 7) is 8.38. The van der Waals surface area contributed by atoms with Crippen molar-refractivity contribution in [3.8, 4) is 5.75 Å². The van der Waals surface area contributed by atoms with Crippen LogP contribution in [-0.4, -0.2) is 67.6 Å². The first-order valence-electron chi connectivity index (χ1n) is 10.8. The number of nitrogens with zero attached hydrogens (tertiary/aromatic N) is 3. The fraction of sp³-hybridized carbons (Fsp3) is 0.458. The van der Waals surface area contributed by atoms with E-state index in [0.717, 1.165) is 57.0 Å². The molecule has 5 heteroatoms. The van der Waals surface area contributed by atoms with E-state index < -0.39 is 0 Å². The van der Waals surface area contributed by atoms with Crippen LogP contribution in [0.3, 0.4) is 0 Å². The average Bonchev–Trinajstić information content (AvgIpc) is 3.13. The van der Waals surface area contributed by atoms with Gasteiger partial charge in [0.15, 0.2) is 0 Å². The van der Waals surface area contributed by atoms with E-state index in [4.69, 9.17) is 4.74 Å². The summed E-state index contributed by atoms with van der Waals surface area (Å²) >= 11 is 0. The van der Waals surface area contributed by atoms with Gasteiger partial charge in [0.05, 0.1) is 6.61 Å². The number of hydrogen-bond donors (Lipinski definition) is 0. The zero-order chi connectivity index (χ0) is 20.1. The number of para-hydroxylation sites is 1. The number of amides is 1. The van der Waals surface area contributed by atoms with Crippen LogP contribution in [0.15, 0.2) is 54.6 Å². The molecular weight excluding hydrogens is 362 g/mol. The van der Waals surface area contributed by atoms with Gasteiger partial charge in [-0.3, -0.25) is 9.69 Å².